The Morgan fingerprint density at radius 2 is 2.08 bits per heavy atom. The molecule has 1 saturated carbocycles. The number of nitrogens with one attached hydrogen (secondary N) is 1. The highest BCUT2D eigenvalue weighted by molar-refractivity contribution is 4.83. The second-order valence-corrected chi connectivity index (χ2v) is 4.34. The summed E-state index contributed by atoms with van der Waals surface area (Å²) in [6, 6.07) is 1.44. The fraction of sp³-hybridized carbons (Fsp3) is 1.00. The maximum atomic E-state index is 5.33. The third kappa shape index (κ3) is 1.99. The topological polar surface area (TPSA) is 21.3 Å². The van der Waals surface area contributed by atoms with Crippen molar-refractivity contribution in [2.45, 2.75) is 44.7 Å². The Morgan fingerprint density at radius 3 is 2.67 bits per heavy atom. The highest BCUT2D eigenvalue weighted by Gasteiger charge is 2.25. The van der Waals surface area contributed by atoms with Crippen LogP contribution in [0.1, 0.15) is 32.6 Å². The minimum absolute atomic E-state index is 0.653. The Kier molecular flexibility index (Phi) is 2.66. The van der Waals surface area contributed by atoms with Gasteiger partial charge >= 0.3 is 0 Å². The van der Waals surface area contributed by atoms with Crippen LogP contribution in [0.3, 0.4) is 0 Å². The van der Waals surface area contributed by atoms with E-state index in [0.29, 0.717) is 6.04 Å². The first-order valence-electron chi connectivity index (χ1n) is 5.18. The Morgan fingerprint density at radius 1 is 1.17 bits per heavy atom. The van der Waals surface area contributed by atoms with Gasteiger partial charge in [0.15, 0.2) is 0 Å². The predicted octanol–water partition coefficient (Wildman–Crippen LogP) is 1.55. The van der Waals surface area contributed by atoms with Gasteiger partial charge in [-0.05, 0) is 31.6 Å². The van der Waals surface area contributed by atoms with E-state index in [-0.39, 0.29) is 0 Å². The van der Waals surface area contributed by atoms with Crippen molar-refractivity contribution in [3.8, 4) is 0 Å². The number of hydrogen-bond donors (Lipinski definition) is 1. The van der Waals surface area contributed by atoms with E-state index >= 15 is 0 Å². The lowest BCUT2D eigenvalue weighted by Crippen LogP contribution is -2.37. The van der Waals surface area contributed by atoms with Crippen LogP contribution in [0.5, 0.6) is 0 Å². The Bertz CT molecular complexity index is 143. The summed E-state index contributed by atoms with van der Waals surface area (Å²) in [6.45, 7) is 4.25. The molecule has 1 N–H and O–H groups in total. The standard InChI is InChI=1S/C10H19NO/c1-8-2-3-9(6-8)11-10-4-5-12-7-10/h8-11H,2-7H2,1H3. The van der Waals surface area contributed by atoms with Crippen LogP contribution in [0.25, 0.3) is 0 Å². The van der Waals surface area contributed by atoms with Gasteiger partial charge in [0.1, 0.15) is 0 Å². The summed E-state index contributed by atoms with van der Waals surface area (Å²) < 4.78 is 5.33. The second-order valence-electron chi connectivity index (χ2n) is 4.34. The van der Waals surface area contributed by atoms with Crippen molar-refractivity contribution in [3.05, 3.63) is 0 Å². The van der Waals surface area contributed by atoms with E-state index in [1.54, 1.807) is 0 Å². The molecular formula is C10H19NO. The molecule has 2 aliphatic rings. The van der Waals surface area contributed by atoms with Crippen molar-refractivity contribution in [3.63, 3.8) is 0 Å². The largest absolute Gasteiger partial charge is 0.380 e. The van der Waals surface area contributed by atoms with Gasteiger partial charge in [0, 0.05) is 18.7 Å². The molecule has 2 nitrogen and oxygen atoms in total. The van der Waals surface area contributed by atoms with Crippen molar-refractivity contribution < 1.29 is 4.74 Å². The maximum Gasteiger partial charge on any atom is 0.0620 e. The van der Waals surface area contributed by atoms with Crippen LogP contribution in [0, 0.1) is 5.92 Å². The molecule has 1 aliphatic carbocycles. The van der Waals surface area contributed by atoms with Crippen LogP contribution in [-0.4, -0.2) is 25.3 Å². The molecule has 2 rings (SSSR count). The van der Waals surface area contributed by atoms with Gasteiger partial charge in [-0.25, -0.2) is 0 Å². The van der Waals surface area contributed by atoms with Gasteiger partial charge in [-0.15, -0.1) is 0 Å². The van der Waals surface area contributed by atoms with Crippen molar-refractivity contribution in [1.82, 2.24) is 5.32 Å². The molecule has 0 aromatic rings. The molecule has 12 heavy (non-hydrogen) atoms. The average molecular weight is 169 g/mol. The summed E-state index contributed by atoms with van der Waals surface area (Å²) in [7, 11) is 0. The van der Waals surface area contributed by atoms with Gasteiger partial charge in [-0.1, -0.05) is 6.92 Å². The van der Waals surface area contributed by atoms with E-state index in [4.69, 9.17) is 4.74 Å². The van der Waals surface area contributed by atoms with Gasteiger partial charge in [0.05, 0.1) is 6.61 Å². The monoisotopic (exact) mass is 169 g/mol. The Hall–Kier alpha value is -0.0800. The quantitative estimate of drug-likeness (QED) is 0.677. The van der Waals surface area contributed by atoms with E-state index in [0.717, 1.165) is 25.2 Å². The average Bonchev–Trinajstić information content (AvgIpc) is 2.63. The molecule has 3 unspecified atom stereocenters. The first kappa shape index (κ1) is 8.52. The smallest absolute Gasteiger partial charge is 0.0620 e. The molecule has 0 aromatic carbocycles. The van der Waals surface area contributed by atoms with Crippen LogP contribution in [0.2, 0.25) is 0 Å². The molecule has 1 aliphatic heterocycles. The summed E-state index contributed by atoms with van der Waals surface area (Å²) >= 11 is 0. The molecule has 2 fully saturated rings. The first-order chi connectivity index (χ1) is 5.84. The second kappa shape index (κ2) is 3.75. The zero-order valence-corrected chi connectivity index (χ0v) is 7.88. The molecule has 0 amide bonds. The first-order valence-corrected chi connectivity index (χ1v) is 5.18. The molecule has 3 atom stereocenters. The summed E-state index contributed by atoms with van der Waals surface area (Å²) in [5, 5.41) is 3.68. The van der Waals surface area contributed by atoms with Crippen LogP contribution in [0.15, 0.2) is 0 Å². The van der Waals surface area contributed by atoms with Gasteiger partial charge < -0.3 is 10.1 Å². The van der Waals surface area contributed by atoms with Gasteiger partial charge in [0.2, 0.25) is 0 Å². The highest BCUT2D eigenvalue weighted by Crippen LogP contribution is 2.25. The zero-order valence-electron chi connectivity index (χ0n) is 7.88. The summed E-state index contributed by atoms with van der Waals surface area (Å²) in [5.74, 6) is 0.935. The minimum atomic E-state index is 0.653. The van der Waals surface area contributed by atoms with E-state index in [1.165, 1.54) is 25.7 Å². The maximum absolute atomic E-state index is 5.33. The van der Waals surface area contributed by atoms with Crippen molar-refractivity contribution >= 4 is 0 Å². The van der Waals surface area contributed by atoms with E-state index in [9.17, 15) is 0 Å². The molecular weight excluding hydrogens is 150 g/mol. The van der Waals surface area contributed by atoms with Crippen molar-refractivity contribution in [1.29, 1.82) is 0 Å². The van der Waals surface area contributed by atoms with Crippen LogP contribution >= 0.6 is 0 Å². The lowest BCUT2D eigenvalue weighted by atomic mass is 10.1. The predicted molar refractivity (Wildman–Crippen MR) is 49.2 cm³/mol. The summed E-state index contributed by atoms with van der Waals surface area (Å²) in [6.07, 6.45) is 5.37. The van der Waals surface area contributed by atoms with E-state index in [2.05, 4.69) is 12.2 Å². The molecule has 1 heterocycles. The third-order valence-electron chi connectivity index (χ3n) is 3.10. The number of ether oxygens (including phenoxy) is 1. The Labute approximate surface area is 74.7 Å². The van der Waals surface area contributed by atoms with Gasteiger partial charge in [0.25, 0.3) is 0 Å². The summed E-state index contributed by atoms with van der Waals surface area (Å²) in [4.78, 5) is 0. The Balaban J connectivity index is 1.72. The van der Waals surface area contributed by atoms with Gasteiger partial charge in [-0.2, -0.15) is 0 Å². The molecule has 0 spiro atoms. The zero-order chi connectivity index (χ0) is 8.39. The summed E-state index contributed by atoms with van der Waals surface area (Å²) in [5.41, 5.74) is 0. The minimum Gasteiger partial charge on any atom is -0.380 e. The van der Waals surface area contributed by atoms with Crippen LogP contribution in [-0.2, 0) is 4.74 Å². The van der Waals surface area contributed by atoms with Crippen LogP contribution in [0.4, 0.5) is 0 Å². The number of rotatable bonds is 2. The van der Waals surface area contributed by atoms with E-state index < -0.39 is 0 Å². The normalized spacial score (nSPS) is 42.2. The fourth-order valence-corrected chi connectivity index (χ4v) is 2.36. The highest BCUT2D eigenvalue weighted by atomic mass is 16.5. The fourth-order valence-electron chi connectivity index (χ4n) is 2.36. The molecule has 70 valence electrons. The van der Waals surface area contributed by atoms with Crippen molar-refractivity contribution in [2.24, 2.45) is 5.92 Å². The molecule has 2 heteroatoms. The molecule has 0 aromatic heterocycles. The number of hydrogen-bond acceptors (Lipinski definition) is 2. The molecule has 1 saturated heterocycles. The van der Waals surface area contributed by atoms with Crippen LogP contribution < -0.4 is 5.32 Å². The molecule has 0 radical (unpaired) electrons. The molecule has 0 bridgehead atoms. The third-order valence-corrected chi connectivity index (χ3v) is 3.10. The lowest BCUT2D eigenvalue weighted by molar-refractivity contribution is 0.188. The van der Waals surface area contributed by atoms with E-state index in [1.807, 2.05) is 0 Å². The van der Waals surface area contributed by atoms with Gasteiger partial charge in [-0.3, -0.25) is 0 Å². The SMILES string of the molecule is CC1CCC(NC2CCOC2)C1. The lowest BCUT2D eigenvalue weighted by Gasteiger charge is -2.16. The van der Waals surface area contributed by atoms with Crippen molar-refractivity contribution in [2.75, 3.05) is 13.2 Å².